The zero-order chi connectivity index (χ0) is 17.8. The number of nitrogen functional groups attached to an aromatic ring is 2. The van der Waals surface area contributed by atoms with Gasteiger partial charge in [0.15, 0.2) is 0 Å². The van der Waals surface area contributed by atoms with Crippen LogP contribution in [0.3, 0.4) is 0 Å². The molecular formula is C19H18FN5. The Labute approximate surface area is 145 Å². The number of hydrogen-bond acceptors (Lipinski definition) is 4. The van der Waals surface area contributed by atoms with Crippen molar-refractivity contribution >= 4 is 17.2 Å². The lowest BCUT2D eigenvalue weighted by molar-refractivity contribution is 0.613. The summed E-state index contributed by atoms with van der Waals surface area (Å²) in [6.45, 7) is 0.359. The average Bonchev–Trinajstić information content (AvgIpc) is 2.61. The Morgan fingerprint density at radius 1 is 1.08 bits per heavy atom. The number of anilines is 2. The highest BCUT2D eigenvalue weighted by Crippen LogP contribution is 2.25. The summed E-state index contributed by atoms with van der Waals surface area (Å²) in [5, 5.41) is 10.8. The number of nitrogens with one attached hydrogen (secondary N) is 2. The third-order valence-electron chi connectivity index (χ3n) is 3.86. The van der Waals surface area contributed by atoms with Crippen LogP contribution in [0.4, 0.5) is 15.8 Å². The van der Waals surface area contributed by atoms with E-state index in [1.54, 1.807) is 42.7 Å². The molecule has 1 heterocycles. The van der Waals surface area contributed by atoms with Crippen LogP contribution in [0.2, 0.25) is 0 Å². The smallest absolute Gasteiger partial charge is 0.128 e. The minimum atomic E-state index is -0.247. The molecule has 0 saturated heterocycles. The number of nitrogens with two attached hydrogens (primary N) is 2. The highest BCUT2D eigenvalue weighted by molar-refractivity contribution is 6.01. The van der Waals surface area contributed by atoms with Gasteiger partial charge in [0.1, 0.15) is 11.7 Å². The third-order valence-corrected chi connectivity index (χ3v) is 3.86. The Morgan fingerprint density at radius 2 is 1.88 bits per heavy atom. The Bertz CT molecular complexity index is 923. The molecule has 0 amide bonds. The van der Waals surface area contributed by atoms with E-state index >= 15 is 0 Å². The molecule has 0 atom stereocenters. The molecule has 3 aromatic rings. The minimum Gasteiger partial charge on any atom is -0.398 e. The van der Waals surface area contributed by atoms with Gasteiger partial charge in [-0.05, 0) is 29.8 Å². The molecule has 0 bridgehead atoms. The van der Waals surface area contributed by atoms with Crippen LogP contribution >= 0.6 is 0 Å². The summed E-state index contributed by atoms with van der Waals surface area (Å²) in [6.07, 6.45) is 3.39. The molecule has 0 aliphatic rings. The molecule has 2 aromatic carbocycles. The van der Waals surface area contributed by atoms with Crippen LogP contribution in [0, 0.1) is 11.2 Å². The fraction of sp³-hybridized carbons (Fsp3) is 0.0526. The van der Waals surface area contributed by atoms with Gasteiger partial charge in [-0.25, -0.2) is 4.39 Å². The molecule has 0 unspecified atom stereocenters. The first kappa shape index (κ1) is 16.4. The second-order valence-electron chi connectivity index (χ2n) is 5.62. The summed E-state index contributed by atoms with van der Waals surface area (Å²) in [7, 11) is 0. The van der Waals surface area contributed by atoms with E-state index in [1.807, 2.05) is 12.1 Å². The number of pyridine rings is 1. The van der Waals surface area contributed by atoms with Crippen LogP contribution < -0.4 is 16.8 Å². The first-order valence-electron chi connectivity index (χ1n) is 7.71. The SMILES string of the molecule is N=C(N)c1cc(-c2cncc(NCc3ccccc3F)c2)ccc1N. The van der Waals surface area contributed by atoms with E-state index in [4.69, 9.17) is 16.9 Å². The van der Waals surface area contributed by atoms with E-state index in [0.717, 1.165) is 16.8 Å². The van der Waals surface area contributed by atoms with Crippen LogP contribution in [-0.2, 0) is 6.54 Å². The number of aromatic nitrogens is 1. The minimum absolute atomic E-state index is 0.0823. The summed E-state index contributed by atoms with van der Waals surface area (Å²) >= 11 is 0. The molecule has 0 spiro atoms. The fourth-order valence-electron chi connectivity index (χ4n) is 2.50. The maximum atomic E-state index is 13.7. The van der Waals surface area contributed by atoms with E-state index in [1.165, 1.54) is 6.07 Å². The first-order valence-corrected chi connectivity index (χ1v) is 7.71. The summed E-state index contributed by atoms with van der Waals surface area (Å²) < 4.78 is 13.7. The molecule has 25 heavy (non-hydrogen) atoms. The monoisotopic (exact) mass is 335 g/mol. The largest absolute Gasteiger partial charge is 0.398 e. The van der Waals surface area contributed by atoms with Crippen LogP contribution in [0.5, 0.6) is 0 Å². The van der Waals surface area contributed by atoms with Crippen LogP contribution in [-0.4, -0.2) is 10.8 Å². The van der Waals surface area contributed by atoms with E-state index in [-0.39, 0.29) is 11.7 Å². The maximum Gasteiger partial charge on any atom is 0.128 e. The second-order valence-corrected chi connectivity index (χ2v) is 5.62. The van der Waals surface area contributed by atoms with Crippen molar-refractivity contribution in [1.29, 1.82) is 5.41 Å². The van der Waals surface area contributed by atoms with Crippen molar-refractivity contribution in [2.24, 2.45) is 5.73 Å². The van der Waals surface area contributed by atoms with Crippen LogP contribution in [0.15, 0.2) is 60.9 Å². The van der Waals surface area contributed by atoms with E-state index in [2.05, 4.69) is 10.3 Å². The molecule has 6 heteroatoms. The first-order chi connectivity index (χ1) is 12.0. The fourth-order valence-corrected chi connectivity index (χ4v) is 2.50. The van der Waals surface area contributed by atoms with E-state index < -0.39 is 0 Å². The second kappa shape index (κ2) is 7.00. The van der Waals surface area contributed by atoms with Crippen LogP contribution in [0.1, 0.15) is 11.1 Å². The Kier molecular flexibility index (Phi) is 4.61. The molecule has 6 N–H and O–H groups in total. The predicted molar refractivity (Wildman–Crippen MR) is 98.8 cm³/mol. The summed E-state index contributed by atoms with van der Waals surface area (Å²) in [5.74, 6) is -0.329. The van der Waals surface area contributed by atoms with Gasteiger partial charge < -0.3 is 16.8 Å². The summed E-state index contributed by atoms with van der Waals surface area (Å²) in [6, 6.07) is 13.9. The Balaban J connectivity index is 1.83. The van der Waals surface area contributed by atoms with Gasteiger partial charge in [-0.3, -0.25) is 10.4 Å². The topological polar surface area (TPSA) is 101 Å². The van der Waals surface area contributed by atoms with E-state index in [9.17, 15) is 4.39 Å². The average molecular weight is 335 g/mol. The highest BCUT2D eigenvalue weighted by Gasteiger charge is 2.07. The number of nitrogens with zero attached hydrogens (tertiary/aromatic N) is 1. The molecule has 126 valence electrons. The van der Waals surface area contributed by atoms with Gasteiger partial charge in [-0.1, -0.05) is 24.3 Å². The number of amidine groups is 1. The number of rotatable bonds is 5. The summed E-state index contributed by atoms with van der Waals surface area (Å²) in [4.78, 5) is 4.22. The lowest BCUT2D eigenvalue weighted by Gasteiger charge is -2.10. The molecular weight excluding hydrogens is 317 g/mol. The van der Waals surface area contributed by atoms with Gasteiger partial charge in [0.2, 0.25) is 0 Å². The van der Waals surface area contributed by atoms with Gasteiger partial charge in [0.25, 0.3) is 0 Å². The third kappa shape index (κ3) is 3.74. The standard InChI is InChI=1S/C19H18FN5/c20-17-4-2-1-3-13(17)10-25-15-7-14(9-24-11-15)12-5-6-18(21)16(8-12)19(22)23/h1-9,11,25H,10,21H2,(H3,22,23). The normalized spacial score (nSPS) is 10.4. The Morgan fingerprint density at radius 3 is 2.64 bits per heavy atom. The molecule has 0 aliphatic carbocycles. The molecule has 0 fully saturated rings. The molecule has 0 saturated carbocycles. The van der Waals surface area contributed by atoms with Crippen molar-refractivity contribution in [2.45, 2.75) is 6.54 Å². The van der Waals surface area contributed by atoms with Crippen molar-refractivity contribution in [3.8, 4) is 11.1 Å². The lowest BCUT2D eigenvalue weighted by atomic mass is 10.0. The van der Waals surface area contributed by atoms with Crippen molar-refractivity contribution in [3.63, 3.8) is 0 Å². The van der Waals surface area contributed by atoms with Gasteiger partial charge in [0.05, 0.1) is 5.69 Å². The number of halogens is 1. The van der Waals surface area contributed by atoms with Crippen molar-refractivity contribution < 1.29 is 4.39 Å². The summed E-state index contributed by atoms with van der Waals surface area (Å²) in [5.41, 5.74) is 15.4. The van der Waals surface area contributed by atoms with Crippen molar-refractivity contribution in [2.75, 3.05) is 11.1 Å². The highest BCUT2D eigenvalue weighted by atomic mass is 19.1. The lowest BCUT2D eigenvalue weighted by Crippen LogP contribution is -2.13. The van der Waals surface area contributed by atoms with Crippen molar-refractivity contribution in [1.82, 2.24) is 4.98 Å². The van der Waals surface area contributed by atoms with Crippen LogP contribution in [0.25, 0.3) is 11.1 Å². The van der Waals surface area contributed by atoms with E-state index in [0.29, 0.717) is 23.4 Å². The Hall–Kier alpha value is -3.41. The van der Waals surface area contributed by atoms with Crippen molar-refractivity contribution in [3.05, 3.63) is 77.9 Å². The quantitative estimate of drug-likeness (QED) is 0.326. The van der Waals surface area contributed by atoms with Gasteiger partial charge in [-0.15, -0.1) is 0 Å². The van der Waals surface area contributed by atoms with Gasteiger partial charge in [-0.2, -0.15) is 0 Å². The molecule has 5 nitrogen and oxygen atoms in total. The van der Waals surface area contributed by atoms with Gasteiger partial charge in [0, 0.05) is 41.3 Å². The molecule has 3 rings (SSSR count). The molecule has 0 radical (unpaired) electrons. The number of hydrogen-bond donors (Lipinski definition) is 4. The zero-order valence-corrected chi connectivity index (χ0v) is 13.5. The number of benzene rings is 2. The predicted octanol–water partition coefficient (Wildman–Crippen LogP) is 3.37. The maximum absolute atomic E-state index is 13.7. The van der Waals surface area contributed by atoms with Gasteiger partial charge >= 0.3 is 0 Å². The zero-order valence-electron chi connectivity index (χ0n) is 13.5. The molecule has 1 aromatic heterocycles. The molecule has 0 aliphatic heterocycles.